The van der Waals surface area contributed by atoms with Gasteiger partial charge in [-0.25, -0.2) is 12.8 Å². The molecule has 1 N–H and O–H groups in total. The van der Waals surface area contributed by atoms with Gasteiger partial charge in [0.25, 0.3) is 0 Å². The first-order chi connectivity index (χ1) is 17.1. The summed E-state index contributed by atoms with van der Waals surface area (Å²) < 4.78 is 41.1. The minimum atomic E-state index is -3.54. The van der Waals surface area contributed by atoms with E-state index >= 15 is 4.39 Å². The lowest BCUT2D eigenvalue weighted by Gasteiger charge is -2.32. The van der Waals surface area contributed by atoms with Crippen molar-refractivity contribution in [2.75, 3.05) is 22.4 Å². The molecule has 0 spiro atoms. The SMILES string of the molecule is Cc1ccc(CC(=O)C[C@@H]2CCCN(c3ccc(-c4ccccc4NS(C)(=O)=O)c(F)c3)C2=O)cc1. The van der Waals surface area contributed by atoms with Crippen molar-refractivity contribution in [3.63, 3.8) is 0 Å². The van der Waals surface area contributed by atoms with Gasteiger partial charge in [0.05, 0.1) is 11.9 Å². The Morgan fingerprint density at radius 1 is 1.06 bits per heavy atom. The average molecular weight is 509 g/mol. The Labute approximate surface area is 211 Å². The van der Waals surface area contributed by atoms with Crippen LogP contribution in [0.5, 0.6) is 0 Å². The van der Waals surface area contributed by atoms with Crippen molar-refractivity contribution in [1.82, 2.24) is 0 Å². The Bertz CT molecular complexity index is 1390. The van der Waals surface area contributed by atoms with E-state index < -0.39 is 21.8 Å². The molecule has 1 amide bonds. The van der Waals surface area contributed by atoms with E-state index in [4.69, 9.17) is 0 Å². The lowest BCUT2D eigenvalue weighted by atomic mass is 9.90. The Morgan fingerprint density at radius 3 is 2.47 bits per heavy atom. The molecule has 0 saturated carbocycles. The number of ketones is 1. The number of aryl methyl sites for hydroxylation is 1. The van der Waals surface area contributed by atoms with E-state index in [2.05, 4.69) is 4.72 Å². The number of hydrogen-bond donors (Lipinski definition) is 1. The number of piperidine rings is 1. The van der Waals surface area contributed by atoms with Crippen molar-refractivity contribution in [2.24, 2.45) is 5.92 Å². The van der Waals surface area contributed by atoms with E-state index in [1.54, 1.807) is 41.3 Å². The van der Waals surface area contributed by atoms with Crippen LogP contribution in [0.2, 0.25) is 0 Å². The van der Waals surface area contributed by atoms with Gasteiger partial charge >= 0.3 is 0 Å². The van der Waals surface area contributed by atoms with E-state index in [1.165, 1.54) is 6.07 Å². The van der Waals surface area contributed by atoms with Crippen molar-refractivity contribution in [1.29, 1.82) is 0 Å². The summed E-state index contributed by atoms with van der Waals surface area (Å²) >= 11 is 0. The molecule has 1 heterocycles. The summed E-state index contributed by atoms with van der Waals surface area (Å²) in [7, 11) is -3.54. The third kappa shape index (κ3) is 6.18. The molecule has 1 saturated heterocycles. The highest BCUT2D eigenvalue weighted by Crippen LogP contribution is 2.34. The third-order valence-electron chi connectivity index (χ3n) is 6.32. The molecule has 0 radical (unpaired) electrons. The van der Waals surface area contributed by atoms with Crippen LogP contribution in [0.4, 0.5) is 15.8 Å². The van der Waals surface area contributed by atoms with Gasteiger partial charge in [0, 0.05) is 42.1 Å². The molecule has 0 bridgehead atoms. The average Bonchev–Trinajstić information content (AvgIpc) is 2.81. The zero-order valence-electron chi connectivity index (χ0n) is 20.3. The Balaban J connectivity index is 1.50. The number of benzene rings is 3. The van der Waals surface area contributed by atoms with E-state index in [1.807, 2.05) is 31.2 Å². The quantitative estimate of drug-likeness (QED) is 0.458. The fourth-order valence-electron chi connectivity index (χ4n) is 4.57. The minimum Gasteiger partial charge on any atom is -0.312 e. The zero-order valence-corrected chi connectivity index (χ0v) is 21.1. The van der Waals surface area contributed by atoms with Crippen molar-refractivity contribution < 1.29 is 22.4 Å². The molecule has 1 atom stereocenters. The summed E-state index contributed by atoms with van der Waals surface area (Å²) in [4.78, 5) is 27.4. The number of carbonyl (C=O) groups excluding carboxylic acids is 2. The molecule has 4 rings (SSSR count). The number of sulfonamides is 1. The van der Waals surface area contributed by atoms with Gasteiger partial charge in [-0.05, 0) is 49.6 Å². The second-order valence-corrected chi connectivity index (χ2v) is 11.1. The van der Waals surface area contributed by atoms with Crippen LogP contribution in [0.15, 0.2) is 66.7 Å². The first-order valence-electron chi connectivity index (χ1n) is 11.9. The summed E-state index contributed by atoms with van der Waals surface area (Å²) in [5, 5.41) is 0. The van der Waals surface area contributed by atoms with Gasteiger partial charge in [0.1, 0.15) is 11.6 Å². The van der Waals surface area contributed by atoms with Crippen molar-refractivity contribution in [3.05, 3.63) is 83.7 Å². The predicted molar refractivity (Wildman–Crippen MR) is 140 cm³/mol. The number of para-hydroxylation sites is 1. The number of rotatable bonds is 8. The summed E-state index contributed by atoms with van der Waals surface area (Å²) in [5.41, 5.74) is 3.36. The number of hydrogen-bond acceptors (Lipinski definition) is 4. The normalized spacial score (nSPS) is 16.1. The van der Waals surface area contributed by atoms with Crippen LogP contribution < -0.4 is 9.62 Å². The fourth-order valence-corrected chi connectivity index (χ4v) is 5.15. The van der Waals surface area contributed by atoms with Crippen molar-refractivity contribution in [3.8, 4) is 11.1 Å². The lowest BCUT2D eigenvalue weighted by molar-refractivity contribution is -0.128. The standard InChI is InChI=1S/C28H29FN2O4S/c1-19-9-11-20(12-10-19)16-23(32)17-21-6-5-15-31(28(21)33)22-13-14-24(26(29)18-22)25-7-3-4-8-27(25)30-36(2,34)35/h3-4,7-14,18,21,30H,5-6,15-17H2,1-2H3/t21-/m0/s1. The number of nitrogens with one attached hydrogen (secondary N) is 1. The highest BCUT2D eigenvalue weighted by molar-refractivity contribution is 7.92. The molecule has 0 unspecified atom stereocenters. The van der Waals surface area contributed by atoms with Crippen LogP contribution in [0.25, 0.3) is 11.1 Å². The van der Waals surface area contributed by atoms with Crippen LogP contribution in [-0.2, 0) is 26.0 Å². The minimum absolute atomic E-state index is 0.00978. The van der Waals surface area contributed by atoms with Gasteiger partial charge < -0.3 is 4.90 Å². The maximum absolute atomic E-state index is 15.2. The molecular formula is C28H29FN2O4S. The number of carbonyl (C=O) groups is 2. The Morgan fingerprint density at radius 2 is 1.78 bits per heavy atom. The largest absolute Gasteiger partial charge is 0.312 e. The molecule has 0 aliphatic carbocycles. The molecule has 36 heavy (non-hydrogen) atoms. The highest BCUT2D eigenvalue weighted by Gasteiger charge is 2.31. The van der Waals surface area contributed by atoms with Gasteiger partial charge in [0.15, 0.2) is 0 Å². The van der Waals surface area contributed by atoms with Crippen molar-refractivity contribution in [2.45, 2.75) is 32.6 Å². The third-order valence-corrected chi connectivity index (χ3v) is 6.91. The highest BCUT2D eigenvalue weighted by atomic mass is 32.2. The fraction of sp³-hybridized carbons (Fsp3) is 0.286. The van der Waals surface area contributed by atoms with Gasteiger partial charge in [0.2, 0.25) is 15.9 Å². The molecule has 0 aromatic heterocycles. The number of anilines is 2. The molecule has 1 fully saturated rings. The summed E-state index contributed by atoms with van der Waals surface area (Å²) in [6, 6.07) is 18.8. The summed E-state index contributed by atoms with van der Waals surface area (Å²) in [6.45, 7) is 2.44. The van der Waals surface area contributed by atoms with Crippen LogP contribution in [0.3, 0.4) is 0 Å². The summed E-state index contributed by atoms with van der Waals surface area (Å²) in [6.07, 6.45) is 2.83. The van der Waals surface area contributed by atoms with Gasteiger partial charge in [-0.15, -0.1) is 0 Å². The van der Waals surface area contributed by atoms with E-state index in [-0.39, 0.29) is 35.8 Å². The monoisotopic (exact) mass is 508 g/mol. The predicted octanol–water partition coefficient (Wildman–Crippen LogP) is 5.12. The van der Waals surface area contributed by atoms with Gasteiger partial charge in [-0.2, -0.15) is 0 Å². The maximum Gasteiger partial charge on any atom is 0.230 e. The van der Waals surface area contributed by atoms with Crippen LogP contribution in [0, 0.1) is 18.7 Å². The smallest absolute Gasteiger partial charge is 0.230 e. The van der Waals surface area contributed by atoms with Gasteiger partial charge in [-0.3, -0.25) is 14.3 Å². The number of halogens is 1. The van der Waals surface area contributed by atoms with Crippen molar-refractivity contribution >= 4 is 33.1 Å². The van der Waals surface area contributed by atoms with E-state index in [9.17, 15) is 18.0 Å². The van der Waals surface area contributed by atoms with Gasteiger partial charge in [-0.1, -0.05) is 48.0 Å². The second-order valence-electron chi connectivity index (χ2n) is 9.32. The first-order valence-corrected chi connectivity index (χ1v) is 13.8. The molecule has 188 valence electrons. The Hall–Kier alpha value is -3.52. The zero-order chi connectivity index (χ0) is 25.9. The molecule has 8 heteroatoms. The molecule has 3 aromatic carbocycles. The topological polar surface area (TPSA) is 83.6 Å². The molecule has 3 aromatic rings. The molecule has 1 aliphatic heterocycles. The molecule has 1 aliphatic rings. The van der Waals surface area contributed by atoms with Crippen LogP contribution in [-0.4, -0.2) is 32.9 Å². The van der Waals surface area contributed by atoms with E-state index in [0.717, 1.165) is 23.8 Å². The lowest BCUT2D eigenvalue weighted by Crippen LogP contribution is -2.42. The first kappa shape index (κ1) is 25.6. The Kier molecular flexibility index (Phi) is 7.54. The van der Waals surface area contributed by atoms with Crippen LogP contribution in [0.1, 0.15) is 30.4 Å². The van der Waals surface area contributed by atoms with E-state index in [0.29, 0.717) is 24.2 Å². The number of nitrogens with zero attached hydrogens (tertiary/aromatic N) is 1. The number of amides is 1. The second kappa shape index (κ2) is 10.6. The van der Waals surface area contributed by atoms with Crippen LogP contribution >= 0.6 is 0 Å². The number of Topliss-reactive ketones (excluding diaryl/α,β-unsaturated/α-hetero) is 1. The molecular weight excluding hydrogens is 479 g/mol. The molecule has 6 nitrogen and oxygen atoms in total. The maximum atomic E-state index is 15.2. The summed E-state index contributed by atoms with van der Waals surface area (Å²) in [5.74, 6) is -1.17.